The van der Waals surface area contributed by atoms with Crippen LogP contribution >= 0.6 is 0 Å². The summed E-state index contributed by atoms with van der Waals surface area (Å²) in [5.41, 5.74) is 1.00. The molecule has 0 aliphatic carbocycles. The highest BCUT2D eigenvalue weighted by molar-refractivity contribution is 5.81. The first kappa shape index (κ1) is 11.5. The molecule has 0 fully saturated rings. The molecule has 1 aromatic rings. The van der Waals surface area contributed by atoms with Gasteiger partial charge in [-0.2, -0.15) is 0 Å². The highest BCUT2D eigenvalue weighted by Gasteiger charge is 1.98. The van der Waals surface area contributed by atoms with Crippen molar-refractivity contribution in [2.45, 2.75) is 20.5 Å². The third-order valence-electron chi connectivity index (χ3n) is 1.84. The largest absolute Gasteiger partial charge is 0.458 e. The van der Waals surface area contributed by atoms with Gasteiger partial charge in [-0.15, -0.1) is 0 Å². The molecule has 0 radical (unpaired) electrons. The molecule has 0 saturated carbocycles. The van der Waals surface area contributed by atoms with E-state index in [-0.39, 0.29) is 5.97 Å². The smallest absolute Gasteiger partial charge is 0.330 e. The quantitative estimate of drug-likeness (QED) is 0.556. The standard InChI is InChI=1S/C13H16O2/c1-11(2)8-9-13(14)15-10-12-6-4-3-5-7-12/h3-9,11H,10H2,1-2H3/b9-8+. The van der Waals surface area contributed by atoms with Crippen LogP contribution in [-0.4, -0.2) is 5.97 Å². The molecule has 0 aliphatic rings. The number of ether oxygens (including phenoxy) is 1. The van der Waals surface area contributed by atoms with Crippen LogP contribution in [-0.2, 0) is 16.1 Å². The van der Waals surface area contributed by atoms with Crippen LogP contribution < -0.4 is 0 Å². The number of hydrogen-bond acceptors (Lipinski definition) is 2. The molecule has 0 saturated heterocycles. The summed E-state index contributed by atoms with van der Waals surface area (Å²) < 4.78 is 5.05. The first-order valence-corrected chi connectivity index (χ1v) is 5.07. The van der Waals surface area contributed by atoms with Gasteiger partial charge in [-0.25, -0.2) is 4.79 Å². The summed E-state index contributed by atoms with van der Waals surface area (Å²) in [6.07, 6.45) is 3.31. The molecule has 0 amide bonds. The summed E-state index contributed by atoms with van der Waals surface area (Å²) in [4.78, 5) is 11.2. The molecule has 1 aromatic carbocycles. The van der Waals surface area contributed by atoms with Crippen molar-refractivity contribution in [2.75, 3.05) is 0 Å². The molecule has 0 heterocycles. The Balaban J connectivity index is 2.35. The average molecular weight is 204 g/mol. The first-order valence-electron chi connectivity index (χ1n) is 5.07. The van der Waals surface area contributed by atoms with E-state index in [2.05, 4.69) is 0 Å². The molecular formula is C13H16O2. The van der Waals surface area contributed by atoms with E-state index in [9.17, 15) is 4.79 Å². The normalized spacial score (nSPS) is 10.9. The van der Waals surface area contributed by atoms with Crippen molar-refractivity contribution in [1.29, 1.82) is 0 Å². The summed E-state index contributed by atoms with van der Waals surface area (Å²) >= 11 is 0. The van der Waals surface area contributed by atoms with Crippen LogP contribution in [0.5, 0.6) is 0 Å². The van der Waals surface area contributed by atoms with Gasteiger partial charge in [0.25, 0.3) is 0 Å². The topological polar surface area (TPSA) is 26.3 Å². The fourth-order valence-electron chi connectivity index (χ4n) is 1.05. The lowest BCUT2D eigenvalue weighted by atomic mass is 10.2. The maximum absolute atomic E-state index is 11.2. The molecule has 80 valence electrons. The van der Waals surface area contributed by atoms with Gasteiger partial charge in [0.2, 0.25) is 0 Å². The molecule has 1 rings (SSSR count). The summed E-state index contributed by atoms with van der Waals surface area (Å²) in [6.45, 7) is 4.37. The van der Waals surface area contributed by atoms with Gasteiger partial charge in [0.15, 0.2) is 0 Å². The second-order valence-corrected chi connectivity index (χ2v) is 3.70. The fraction of sp³-hybridized carbons (Fsp3) is 0.308. The third kappa shape index (κ3) is 5.01. The number of benzene rings is 1. The van der Waals surface area contributed by atoms with Gasteiger partial charge in [0.1, 0.15) is 6.61 Å². The Morgan fingerprint density at radius 1 is 1.33 bits per heavy atom. The van der Waals surface area contributed by atoms with Crippen LogP contribution in [0.3, 0.4) is 0 Å². The number of carbonyl (C=O) groups is 1. The van der Waals surface area contributed by atoms with Gasteiger partial charge in [-0.1, -0.05) is 50.3 Å². The fourth-order valence-corrected chi connectivity index (χ4v) is 1.05. The van der Waals surface area contributed by atoms with E-state index in [0.717, 1.165) is 5.56 Å². The van der Waals surface area contributed by atoms with Crippen molar-refractivity contribution >= 4 is 5.97 Å². The van der Waals surface area contributed by atoms with Gasteiger partial charge in [0.05, 0.1) is 0 Å². The van der Waals surface area contributed by atoms with Gasteiger partial charge >= 0.3 is 5.97 Å². The SMILES string of the molecule is CC(C)/C=C/C(=O)OCc1ccccc1. The zero-order chi connectivity index (χ0) is 11.1. The molecule has 0 atom stereocenters. The molecule has 2 heteroatoms. The maximum atomic E-state index is 11.2. The Bertz CT molecular complexity index is 326. The zero-order valence-electron chi connectivity index (χ0n) is 9.14. The van der Waals surface area contributed by atoms with Crippen molar-refractivity contribution in [3.8, 4) is 0 Å². The van der Waals surface area contributed by atoms with Crippen molar-refractivity contribution in [1.82, 2.24) is 0 Å². The van der Waals surface area contributed by atoms with Crippen molar-refractivity contribution in [2.24, 2.45) is 5.92 Å². The predicted molar refractivity (Wildman–Crippen MR) is 60.2 cm³/mol. The number of rotatable bonds is 4. The molecule has 0 spiro atoms. The second-order valence-electron chi connectivity index (χ2n) is 3.70. The minimum atomic E-state index is -0.285. The van der Waals surface area contributed by atoms with E-state index in [0.29, 0.717) is 12.5 Å². The van der Waals surface area contributed by atoms with Crippen LogP contribution in [0.1, 0.15) is 19.4 Å². The molecule has 0 N–H and O–H groups in total. The van der Waals surface area contributed by atoms with Gasteiger partial charge in [-0.3, -0.25) is 0 Å². The molecule has 0 aromatic heterocycles. The minimum absolute atomic E-state index is 0.285. The Labute approximate surface area is 90.6 Å². The van der Waals surface area contributed by atoms with Crippen molar-refractivity contribution < 1.29 is 9.53 Å². The van der Waals surface area contributed by atoms with Crippen LogP contribution in [0.4, 0.5) is 0 Å². The highest BCUT2D eigenvalue weighted by atomic mass is 16.5. The average Bonchev–Trinajstić information content (AvgIpc) is 2.25. The van der Waals surface area contributed by atoms with E-state index >= 15 is 0 Å². The van der Waals surface area contributed by atoms with Gasteiger partial charge in [-0.05, 0) is 11.5 Å². The van der Waals surface area contributed by atoms with E-state index in [1.807, 2.05) is 50.3 Å². The first-order chi connectivity index (χ1) is 7.18. The Kier molecular flexibility index (Phi) is 4.61. The lowest BCUT2D eigenvalue weighted by molar-refractivity contribution is -0.139. The van der Waals surface area contributed by atoms with E-state index in [4.69, 9.17) is 4.74 Å². The Morgan fingerprint density at radius 2 is 2.00 bits per heavy atom. The Morgan fingerprint density at radius 3 is 2.60 bits per heavy atom. The Hall–Kier alpha value is -1.57. The summed E-state index contributed by atoms with van der Waals surface area (Å²) in [5, 5.41) is 0. The molecule has 0 aliphatic heterocycles. The predicted octanol–water partition coefficient (Wildman–Crippen LogP) is 2.94. The minimum Gasteiger partial charge on any atom is -0.458 e. The van der Waals surface area contributed by atoms with Crippen molar-refractivity contribution in [3.05, 3.63) is 48.0 Å². The maximum Gasteiger partial charge on any atom is 0.330 e. The summed E-state index contributed by atoms with van der Waals surface area (Å²) in [5.74, 6) is 0.0850. The number of carbonyl (C=O) groups excluding carboxylic acids is 1. The van der Waals surface area contributed by atoms with Gasteiger partial charge < -0.3 is 4.74 Å². The zero-order valence-corrected chi connectivity index (χ0v) is 9.14. The number of hydrogen-bond donors (Lipinski definition) is 0. The van der Waals surface area contributed by atoms with Crippen LogP contribution in [0.15, 0.2) is 42.5 Å². The molecular weight excluding hydrogens is 188 g/mol. The van der Waals surface area contributed by atoms with E-state index in [1.165, 1.54) is 6.08 Å². The molecule has 0 unspecified atom stereocenters. The highest BCUT2D eigenvalue weighted by Crippen LogP contribution is 2.01. The van der Waals surface area contributed by atoms with E-state index in [1.54, 1.807) is 0 Å². The van der Waals surface area contributed by atoms with Crippen molar-refractivity contribution in [3.63, 3.8) is 0 Å². The lowest BCUT2D eigenvalue weighted by Gasteiger charge is -2.01. The van der Waals surface area contributed by atoms with Gasteiger partial charge in [0, 0.05) is 6.08 Å². The second kappa shape index (κ2) is 6.02. The molecule has 15 heavy (non-hydrogen) atoms. The summed E-state index contributed by atoms with van der Waals surface area (Å²) in [6, 6.07) is 9.64. The van der Waals surface area contributed by atoms with Crippen LogP contribution in [0.25, 0.3) is 0 Å². The molecule has 0 bridgehead atoms. The number of esters is 1. The van der Waals surface area contributed by atoms with Crippen LogP contribution in [0, 0.1) is 5.92 Å². The molecule has 2 nitrogen and oxygen atoms in total. The third-order valence-corrected chi connectivity index (χ3v) is 1.84. The lowest BCUT2D eigenvalue weighted by Crippen LogP contribution is -2.01. The van der Waals surface area contributed by atoms with Crippen LogP contribution in [0.2, 0.25) is 0 Å². The monoisotopic (exact) mass is 204 g/mol. The van der Waals surface area contributed by atoms with E-state index < -0.39 is 0 Å². The number of allylic oxidation sites excluding steroid dienone is 1. The summed E-state index contributed by atoms with van der Waals surface area (Å²) in [7, 11) is 0.